The van der Waals surface area contributed by atoms with Crippen LogP contribution in [0, 0.1) is 5.92 Å². The molecule has 2 amide bonds. The zero-order valence-corrected chi connectivity index (χ0v) is 16.5. The minimum Gasteiger partial charge on any atom is -0.345 e. The lowest BCUT2D eigenvalue weighted by Crippen LogP contribution is -2.40. The number of hydrogen-bond donors (Lipinski definition) is 0. The quantitative estimate of drug-likeness (QED) is 0.741. The summed E-state index contributed by atoms with van der Waals surface area (Å²) in [6, 6.07) is 11.2. The molecule has 0 aliphatic carbocycles. The Kier molecular flexibility index (Phi) is 7.12. The molecule has 0 unspecified atom stereocenters. The van der Waals surface area contributed by atoms with Crippen molar-refractivity contribution in [2.45, 2.75) is 32.1 Å². The molecule has 2 aromatic rings. The predicted molar refractivity (Wildman–Crippen MR) is 108 cm³/mol. The lowest BCUT2D eigenvalue weighted by atomic mass is 9.93. The number of hydrogen-bond acceptors (Lipinski definition) is 4. The lowest BCUT2D eigenvalue weighted by molar-refractivity contribution is -0.130. The molecule has 1 aliphatic rings. The molecule has 148 valence electrons. The molecule has 6 heteroatoms. The monoisotopic (exact) mass is 380 g/mol. The molecule has 1 atom stereocenters. The summed E-state index contributed by atoms with van der Waals surface area (Å²) >= 11 is 0. The average molecular weight is 380 g/mol. The summed E-state index contributed by atoms with van der Waals surface area (Å²) in [6.07, 6.45) is 7.57. The fraction of sp³-hybridized carbons (Fsp3) is 0.455. The van der Waals surface area contributed by atoms with Crippen LogP contribution in [0.25, 0.3) is 0 Å². The van der Waals surface area contributed by atoms with Crippen molar-refractivity contribution in [1.29, 1.82) is 0 Å². The summed E-state index contributed by atoms with van der Waals surface area (Å²) in [5.41, 5.74) is 1.49. The first-order valence-electron chi connectivity index (χ1n) is 9.97. The predicted octanol–water partition coefficient (Wildman–Crippen LogP) is 2.81. The molecule has 1 aliphatic heterocycles. The molecule has 0 aromatic carbocycles. The highest BCUT2D eigenvalue weighted by Gasteiger charge is 2.25. The van der Waals surface area contributed by atoms with Gasteiger partial charge >= 0.3 is 0 Å². The number of likely N-dealkylation sites (tertiary alicyclic amines) is 1. The summed E-state index contributed by atoms with van der Waals surface area (Å²) in [4.78, 5) is 37.2. The maximum Gasteiger partial charge on any atom is 0.272 e. The highest BCUT2D eigenvalue weighted by Crippen LogP contribution is 2.22. The molecular weight excluding hydrogens is 352 g/mol. The third kappa shape index (κ3) is 5.62. The number of rotatable bonds is 7. The van der Waals surface area contributed by atoms with E-state index >= 15 is 0 Å². The van der Waals surface area contributed by atoms with Crippen LogP contribution in [-0.4, -0.2) is 58.3 Å². The zero-order valence-electron chi connectivity index (χ0n) is 16.5. The standard InChI is InChI=1S/C22H28N4O2/c1-25(16-12-19-8-2-4-13-23-19)21(27)11-10-18-7-6-15-26(17-18)22(28)20-9-3-5-14-24-20/h2-5,8-9,13-14,18H,6-7,10-12,15-17H2,1H3/t18-/m0/s1. The number of carbonyl (C=O) groups is 2. The minimum absolute atomic E-state index is 0.0101. The third-order valence-electron chi connectivity index (χ3n) is 5.31. The molecule has 1 fully saturated rings. The Morgan fingerprint density at radius 1 is 1.14 bits per heavy atom. The summed E-state index contributed by atoms with van der Waals surface area (Å²) < 4.78 is 0. The van der Waals surface area contributed by atoms with Crippen molar-refractivity contribution in [2.75, 3.05) is 26.7 Å². The second kappa shape index (κ2) is 9.97. The Morgan fingerprint density at radius 2 is 1.93 bits per heavy atom. The van der Waals surface area contributed by atoms with Crippen LogP contribution in [0.4, 0.5) is 0 Å². The molecule has 0 radical (unpaired) electrons. The van der Waals surface area contributed by atoms with Gasteiger partial charge in [0.05, 0.1) is 0 Å². The number of likely N-dealkylation sites (N-methyl/N-ethyl adjacent to an activating group) is 1. The Labute approximate surface area is 166 Å². The number of pyridine rings is 2. The molecule has 0 bridgehead atoms. The van der Waals surface area contributed by atoms with Gasteiger partial charge in [0.25, 0.3) is 5.91 Å². The fourth-order valence-corrected chi connectivity index (χ4v) is 3.61. The van der Waals surface area contributed by atoms with Crippen LogP contribution in [0.5, 0.6) is 0 Å². The Balaban J connectivity index is 1.43. The zero-order chi connectivity index (χ0) is 19.8. The van der Waals surface area contributed by atoms with E-state index in [1.807, 2.05) is 42.3 Å². The molecule has 3 heterocycles. The summed E-state index contributed by atoms with van der Waals surface area (Å²) in [5.74, 6) is 0.516. The van der Waals surface area contributed by atoms with Crippen LogP contribution < -0.4 is 0 Å². The SMILES string of the molecule is CN(CCc1ccccn1)C(=O)CC[C@@H]1CCCN(C(=O)c2ccccn2)C1. The first kappa shape index (κ1) is 20.0. The average Bonchev–Trinajstić information content (AvgIpc) is 2.76. The summed E-state index contributed by atoms with van der Waals surface area (Å²) in [5, 5.41) is 0. The van der Waals surface area contributed by atoms with Crippen molar-refractivity contribution in [2.24, 2.45) is 5.92 Å². The van der Waals surface area contributed by atoms with Crippen LogP contribution in [0.2, 0.25) is 0 Å². The summed E-state index contributed by atoms with van der Waals surface area (Å²) in [6.45, 7) is 2.15. The maximum atomic E-state index is 12.6. The molecule has 0 saturated carbocycles. The third-order valence-corrected chi connectivity index (χ3v) is 5.31. The van der Waals surface area contributed by atoms with Gasteiger partial charge < -0.3 is 9.80 Å². The van der Waals surface area contributed by atoms with Gasteiger partial charge in [-0.2, -0.15) is 0 Å². The van der Waals surface area contributed by atoms with Gasteiger partial charge in [0.1, 0.15) is 5.69 Å². The molecular formula is C22H28N4O2. The van der Waals surface area contributed by atoms with Crippen molar-refractivity contribution in [3.63, 3.8) is 0 Å². The van der Waals surface area contributed by atoms with E-state index in [-0.39, 0.29) is 11.8 Å². The van der Waals surface area contributed by atoms with E-state index in [9.17, 15) is 9.59 Å². The van der Waals surface area contributed by atoms with E-state index in [1.54, 1.807) is 23.4 Å². The normalized spacial score (nSPS) is 16.6. The van der Waals surface area contributed by atoms with Crippen LogP contribution in [0.3, 0.4) is 0 Å². The molecule has 0 spiro atoms. The van der Waals surface area contributed by atoms with E-state index in [0.717, 1.165) is 37.9 Å². The second-order valence-corrected chi connectivity index (χ2v) is 7.40. The fourth-order valence-electron chi connectivity index (χ4n) is 3.61. The topological polar surface area (TPSA) is 66.4 Å². The van der Waals surface area contributed by atoms with E-state index in [0.29, 0.717) is 31.1 Å². The van der Waals surface area contributed by atoms with Gasteiger partial charge in [0, 0.05) is 57.6 Å². The van der Waals surface area contributed by atoms with Crippen molar-refractivity contribution < 1.29 is 9.59 Å². The summed E-state index contributed by atoms with van der Waals surface area (Å²) in [7, 11) is 1.85. The molecule has 1 saturated heterocycles. The smallest absolute Gasteiger partial charge is 0.272 e. The number of amides is 2. The van der Waals surface area contributed by atoms with E-state index < -0.39 is 0 Å². The van der Waals surface area contributed by atoms with Crippen molar-refractivity contribution in [3.05, 3.63) is 60.2 Å². The number of aromatic nitrogens is 2. The molecule has 2 aromatic heterocycles. The highest BCUT2D eigenvalue weighted by molar-refractivity contribution is 5.92. The second-order valence-electron chi connectivity index (χ2n) is 7.40. The molecule has 28 heavy (non-hydrogen) atoms. The van der Waals surface area contributed by atoms with Crippen LogP contribution in [0.1, 0.15) is 41.9 Å². The number of carbonyl (C=O) groups excluding carboxylic acids is 2. The minimum atomic E-state index is -0.0101. The Bertz CT molecular complexity index is 767. The van der Waals surface area contributed by atoms with Gasteiger partial charge in [-0.05, 0) is 49.4 Å². The number of nitrogens with zero attached hydrogens (tertiary/aromatic N) is 4. The van der Waals surface area contributed by atoms with E-state index in [2.05, 4.69) is 9.97 Å². The van der Waals surface area contributed by atoms with Gasteiger partial charge in [-0.3, -0.25) is 19.6 Å². The van der Waals surface area contributed by atoms with Crippen molar-refractivity contribution in [3.8, 4) is 0 Å². The first-order chi connectivity index (χ1) is 13.6. The molecule has 3 rings (SSSR count). The van der Waals surface area contributed by atoms with Gasteiger partial charge in [-0.25, -0.2) is 0 Å². The van der Waals surface area contributed by atoms with Crippen LogP contribution in [-0.2, 0) is 11.2 Å². The van der Waals surface area contributed by atoms with Crippen LogP contribution >= 0.6 is 0 Å². The van der Waals surface area contributed by atoms with E-state index in [4.69, 9.17) is 0 Å². The van der Waals surface area contributed by atoms with Gasteiger partial charge in [0.15, 0.2) is 0 Å². The molecule has 6 nitrogen and oxygen atoms in total. The van der Waals surface area contributed by atoms with Crippen LogP contribution in [0.15, 0.2) is 48.8 Å². The maximum absolute atomic E-state index is 12.6. The lowest BCUT2D eigenvalue weighted by Gasteiger charge is -2.32. The van der Waals surface area contributed by atoms with Gasteiger partial charge in [0.2, 0.25) is 5.91 Å². The van der Waals surface area contributed by atoms with Crippen molar-refractivity contribution in [1.82, 2.24) is 19.8 Å². The highest BCUT2D eigenvalue weighted by atomic mass is 16.2. The van der Waals surface area contributed by atoms with Crippen molar-refractivity contribution >= 4 is 11.8 Å². The Hall–Kier alpha value is -2.76. The van der Waals surface area contributed by atoms with Gasteiger partial charge in [-0.1, -0.05) is 12.1 Å². The largest absolute Gasteiger partial charge is 0.345 e. The number of piperidine rings is 1. The molecule has 0 N–H and O–H groups in total. The van der Waals surface area contributed by atoms with E-state index in [1.165, 1.54) is 0 Å². The van der Waals surface area contributed by atoms with Gasteiger partial charge in [-0.15, -0.1) is 0 Å². The first-order valence-corrected chi connectivity index (χ1v) is 9.97. The Morgan fingerprint density at radius 3 is 2.64 bits per heavy atom.